The first-order chi connectivity index (χ1) is 10.7. The van der Waals surface area contributed by atoms with E-state index in [0.717, 1.165) is 43.1 Å². The van der Waals surface area contributed by atoms with Gasteiger partial charge in [-0.3, -0.25) is 4.79 Å². The van der Waals surface area contributed by atoms with Gasteiger partial charge in [0.15, 0.2) is 0 Å². The third-order valence-corrected chi connectivity index (χ3v) is 4.19. The minimum Gasteiger partial charge on any atom is -0.384 e. The molecule has 2 aromatic rings. The van der Waals surface area contributed by atoms with Crippen LogP contribution in [0.3, 0.4) is 0 Å². The van der Waals surface area contributed by atoms with E-state index in [2.05, 4.69) is 10.1 Å². The van der Waals surface area contributed by atoms with Gasteiger partial charge in [0.1, 0.15) is 24.5 Å². The van der Waals surface area contributed by atoms with E-state index in [9.17, 15) is 9.90 Å². The lowest BCUT2D eigenvalue weighted by molar-refractivity contribution is 0.0323. The Morgan fingerprint density at radius 3 is 2.68 bits per heavy atom. The molecule has 0 radical (unpaired) electrons. The van der Waals surface area contributed by atoms with Crippen LogP contribution < -0.4 is 0 Å². The Morgan fingerprint density at radius 1 is 1.23 bits per heavy atom. The zero-order chi connectivity index (χ0) is 15.4. The van der Waals surface area contributed by atoms with Gasteiger partial charge < -0.3 is 5.11 Å². The van der Waals surface area contributed by atoms with Crippen LogP contribution in [0.5, 0.6) is 0 Å². The predicted molar refractivity (Wildman–Crippen MR) is 83.2 cm³/mol. The van der Waals surface area contributed by atoms with E-state index in [1.54, 1.807) is 23.1 Å². The van der Waals surface area contributed by atoms with Crippen molar-refractivity contribution in [2.24, 2.45) is 0 Å². The summed E-state index contributed by atoms with van der Waals surface area (Å²) >= 11 is 0. The number of hydrogen-bond acceptors (Lipinski definition) is 4. The molecule has 1 aromatic heterocycles. The molecule has 1 saturated carbocycles. The maximum absolute atomic E-state index is 11.1. The van der Waals surface area contributed by atoms with Gasteiger partial charge in [-0.2, -0.15) is 5.10 Å². The van der Waals surface area contributed by atoms with Crippen LogP contribution in [0.1, 0.15) is 41.6 Å². The highest BCUT2D eigenvalue weighted by molar-refractivity contribution is 5.75. The molecule has 1 aliphatic carbocycles. The van der Waals surface area contributed by atoms with Crippen molar-refractivity contribution in [1.82, 2.24) is 14.8 Å². The third-order valence-electron chi connectivity index (χ3n) is 4.19. The van der Waals surface area contributed by atoms with Crippen molar-refractivity contribution < 1.29 is 9.90 Å². The molecule has 1 unspecified atom stereocenters. The molecule has 0 spiro atoms. The van der Waals surface area contributed by atoms with Crippen molar-refractivity contribution in [2.45, 2.75) is 37.8 Å². The maximum Gasteiger partial charge on any atom is 0.150 e. The Balaban J connectivity index is 1.87. The number of carbonyl (C=O) groups is 1. The smallest absolute Gasteiger partial charge is 0.150 e. The molecule has 3 rings (SSSR count). The molecule has 0 amide bonds. The Bertz CT molecular complexity index is 662. The van der Waals surface area contributed by atoms with Crippen LogP contribution in [-0.2, 0) is 6.54 Å². The largest absolute Gasteiger partial charge is 0.384 e. The SMILES string of the molecule is O=Cc1ccc(C=C2CCCCC2(O)Cn2cncn2)cc1. The van der Waals surface area contributed by atoms with Crippen molar-refractivity contribution in [2.75, 3.05) is 0 Å². The Labute approximate surface area is 129 Å². The predicted octanol–water partition coefficient (Wildman–Crippen LogP) is 2.48. The van der Waals surface area contributed by atoms with Gasteiger partial charge in [0.2, 0.25) is 0 Å². The molecule has 0 saturated heterocycles. The van der Waals surface area contributed by atoms with Crippen molar-refractivity contribution in [3.63, 3.8) is 0 Å². The lowest BCUT2D eigenvalue weighted by Crippen LogP contribution is -2.38. The van der Waals surface area contributed by atoms with E-state index in [-0.39, 0.29) is 0 Å². The van der Waals surface area contributed by atoms with Gasteiger partial charge >= 0.3 is 0 Å². The van der Waals surface area contributed by atoms with Crippen LogP contribution in [0.25, 0.3) is 6.08 Å². The summed E-state index contributed by atoms with van der Waals surface area (Å²) in [5.74, 6) is 0. The number of aldehydes is 1. The zero-order valence-electron chi connectivity index (χ0n) is 12.4. The third kappa shape index (κ3) is 3.14. The zero-order valence-corrected chi connectivity index (χ0v) is 12.4. The second-order valence-electron chi connectivity index (χ2n) is 5.79. The van der Waals surface area contributed by atoms with Crippen molar-refractivity contribution in [3.05, 3.63) is 53.6 Å². The van der Waals surface area contributed by atoms with Gasteiger partial charge in [0.05, 0.1) is 6.54 Å². The van der Waals surface area contributed by atoms with Gasteiger partial charge in [-0.15, -0.1) is 0 Å². The number of aromatic nitrogens is 3. The van der Waals surface area contributed by atoms with E-state index in [1.165, 1.54) is 6.33 Å². The first kappa shape index (κ1) is 14.7. The summed E-state index contributed by atoms with van der Waals surface area (Å²) in [4.78, 5) is 14.7. The maximum atomic E-state index is 11.1. The second-order valence-corrected chi connectivity index (χ2v) is 5.79. The summed E-state index contributed by atoms with van der Waals surface area (Å²) in [7, 11) is 0. The van der Waals surface area contributed by atoms with Gasteiger partial charge in [-0.25, -0.2) is 9.67 Å². The second kappa shape index (κ2) is 6.23. The molecule has 5 heteroatoms. The van der Waals surface area contributed by atoms with E-state index in [0.29, 0.717) is 12.1 Å². The molecule has 1 N–H and O–H groups in total. The van der Waals surface area contributed by atoms with Gasteiger partial charge in [-0.05, 0) is 36.8 Å². The summed E-state index contributed by atoms with van der Waals surface area (Å²) in [6.45, 7) is 0.422. The average Bonchev–Trinajstić information content (AvgIpc) is 3.03. The summed E-state index contributed by atoms with van der Waals surface area (Å²) in [5.41, 5.74) is 1.80. The van der Waals surface area contributed by atoms with Crippen LogP contribution >= 0.6 is 0 Å². The minimum absolute atomic E-state index is 0.422. The highest BCUT2D eigenvalue weighted by Crippen LogP contribution is 2.35. The Morgan fingerprint density at radius 2 is 2.00 bits per heavy atom. The quantitative estimate of drug-likeness (QED) is 0.880. The highest BCUT2D eigenvalue weighted by atomic mass is 16.3. The van der Waals surface area contributed by atoms with Gasteiger partial charge in [0, 0.05) is 5.56 Å². The molecule has 1 fully saturated rings. The standard InChI is InChI=1S/C17H19N3O2/c21-10-15-6-4-14(5-7-15)9-16-3-1-2-8-17(16,22)11-20-13-18-12-19-20/h4-7,9-10,12-13,22H,1-3,8,11H2. The molecule has 0 bridgehead atoms. The van der Waals surface area contributed by atoms with Crippen LogP contribution in [0.2, 0.25) is 0 Å². The van der Waals surface area contributed by atoms with Crippen molar-refractivity contribution >= 4 is 12.4 Å². The van der Waals surface area contributed by atoms with Crippen LogP contribution in [-0.4, -0.2) is 31.8 Å². The number of benzene rings is 1. The lowest BCUT2D eigenvalue weighted by Gasteiger charge is -2.35. The first-order valence-corrected chi connectivity index (χ1v) is 7.51. The fourth-order valence-corrected chi connectivity index (χ4v) is 2.97. The van der Waals surface area contributed by atoms with E-state index in [4.69, 9.17) is 0 Å². The molecule has 1 aromatic carbocycles. The minimum atomic E-state index is -0.880. The number of aliphatic hydroxyl groups is 1. The Hall–Kier alpha value is -2.27. The molecule has 22 heavy (non-hydrogen) atoms. The van der Waals surface area contributed by atoms with Crippen LogP contribution in [0, 0.1) is 0 Å². The summed E-state index contributed by atoms with van der Waals surface area (Å²) in [5, 5.41) is 15.2. The summed E-state index contributed by atoms with van der Waals surface area (Å²) < 4.78 is 1.68. The molecule has 1 aliphatic rings. The summed E-state index contributed by atoms with van der Waals surface area (Å²) in [6, 6.07) is 7.39. The molecule has 114 valence electrons. The number of carbonyl (C=O) groups excluding carboxylic acids is 1. The Kier molecular flexibility index (Phi) is 4.15. The monoisotopic (exact) mass is 297 g/mol. The van der Waals surface area contributed by atoms with E-state index >= 15 is 0 Å². The highest BCUT2D eigenvalue weighted by Gasteiger charge is 2.34. The van der Waals surface area contributed by atoms with Crippen LogP contribution in [0.15, 0.2) is 42.5 Å². The fraction of sp³-hybridized carbons (Fsp3) is 0.353. The number of rotatable bonds is 4. The molecular formula is C17H19N3O2. The van der Waals surface area contributed by atoms with Crippen molar-refractivity contribution in [1.29, 1.82) is 0 Å². The van der Waals surface area contributed by atoms with E-state index in [1.807, 2.05) is 18.2 Å². The van der Waals surface area contributed by atoms with Gasteiger partial charge in [-0.1, -0.05) is 30.3 Å². The molecule has 5 nitrogen and oxygen atoms in total. The molecule has 1 heterocycles. The molecule has 1 atom stereocenters. The normalized spacial score (nSPS) is 23.6. The molecular weight excluding hydrogens is 278 g/mol. The molecule has 0 aliphatic heterocycles. The van der Waals surface area contributed by atoms with E-state index < -0.39 is 5.60 Å². The summed E-state index contributed by atoms with van der Waals surface area (Å²) in [6.07, 6.45) is 9.66. The topological polar surface area (TPSA) is 68.0 Å². The number of hydrogen-bond donors (Lipinski definition) is 1. The van der Waals surface area contributed by atoms with Crippen LogP contribution in [0.4, 0.5) is 0 Å². The first-order valence-electron chi connectivity index (χ1n) is 7.51. The fourth-order valence-electron chi connectivity index (χ4n) is 2.97. The lowest BCUT2D eigenvalue weighted by atomic mass is 9.79. The van der Waals surface area contributed by atoms with Crippen molar-refractivity contribution in [3.8, 4) is 0 Å². The average molecular weight is 297 g/mol. The van der Waals surface area contributed by atoms with Gasteiger partial charge in [0.25, 0.3) is 0 Å². The number of nitrogens with zero attached hydrogens (tertiary/aromatic N) is 3.